The van der Waals surface area contributed by atoms with E-state index in [-0.39, 0.29) is 5.60 Å². The van der Waals surface area contributed by atoms with Crippen LogP contribution < -0.4 is 5.32 Å². The molecule has 1 aliphatic rings. The van der Waals surface area contributed by atoms with Gasteiger partial charge in [-0.05, 0) is 38.8 Å². The van der Waals surface area contributed by atoms with Crippen LogP contribution in [0.3, 0.4) is 0 Å². The van der Waals surface area contributed by atoms with E-state index in [1.165, 1.54) is 0 Å². The van der Waals surface area contributed by atoms with Crippen molar-refractivity contribution in [3.8, 4) is 0 Å². The Morgan fingerprint density at radius 2 is 2.41 bits per heavy atom. The molecular formula is C13H21NO3. The largest absolute Gasteiger partial charge is 0.467 e. The Hall–Kier alpha value is -0.840. The number of nitrogens with one attached hydrogen (secondary N) is 1. The van der Waals surface area contributed by atoms with Crippen LogP contribution in [0.2, 0.25) is 0 Å². The normalized spacial score (nSPS) is 25.7. The van der Waals surface area contributed by atoms with Gasteiger partial charge in [-0.25, -0.2) is 0 Å². The minimum atomic E-state index is -0.573. The number of hydrogen-bond acceptors (Lipinski definition) is 4. The fraction of sp³-hybridized carbons (Fsp3) is 0.692. The molecule has 1 fully saturated rings. The van der Waals surface area contributed by atoms with E-state index in [0.29, 0.717) is 18.3 Å². The molecule has 1 saturated heterocycles. The summed E-state index contributed by atoms with van der Waals surface area (Å²) in [6, 6.07) is 3.99. The molecule has 17 heavy (non-hydrogen) atoms. The van der Waals surface area contributed by atoms with Crippen molar-refractivity contribution < 1.29 is 14.3 Å². The first-order chi connectivity index (χ1) is 8.07. The summed E-state index contributed by atoms with van der Waals surface area (Å²) in [5, 5.41) is 13.3. The topological polar surface area (TPSA) is 54.6 Å². The van der Waals surface area contributed by atoms with Crippen LogP contribution in [-0.2, 0) is 4.74 Å². The quantitative estimate of drug-likeness (QED) is 0.842. The minimum absolute atomic E-state index is 0.0639. The lowest BCUT2D eigenvalue weighted by Crippen LogP contribution is -2.44. The van der Waals surface area contributed by atoms with Gasteiger partial charge in [0, 0.05) is 19.2 Å². The lowest BCUT2D eigenvalue weighted by Gasteiger charge is -2.36. The molecule has 0 bridgehead atoms. The molecule has 1 aliphatic heterocycles. The third-order valence-corrected chi connectivity index (χ3v) is 3.17. The molecule has 2 unspecified atom stereocenters. The van der Waals surface area contributed by atoms with Gasteiger partial charge in [0.2, 0.25) is 0 Å². The highest BCUT2D eigenvalue weighted by molar-refractivity contribution is 5.02. The summed E-state index contributed by atoms with van der Waals surface area (Å²) >= 11 is 0. The number of hydrogen-bond donors (Lipinski definition) is 2. The van der Waals surface area contributed by atoms with Crippen molar-refractivity contribution in [2.75, 3.05) is 13.2 Å². The minimum Gasteiger partial charge on any atom is -0.467 e. The second kappa shape index (κ2) is 5.21. The second-order valence-corrected chi connectivity index (χ2v) is 5.24. The zero-order valence-electron chi connectivity index (χ0n) is 10.5. The average molecular weight is 239 g/mol. The van der Waals surface area contributed by atoms with Gasteiger partial charge in [-0.3, -0.25) is 0 Å². The molecule has 1 aromatic heterocycles. The van der Waals surface area contributed by atoms with Gasteiger partial charge >= 0.3 is 0 Å². The lowest BCUT2D eigenvalue weighted by atomic mass is 9.94. The molecular weight excluding hydrogens is 218 g/mol. The lowest BCUT2D eigenvalue weighted by molar-refractivity contribution is -0.0640. The molecule has 0 radical (unpaired) electrons. The van der Waals surface area contributed by atoms with Gasteiger partial charge in [0.05, 0.1) is 11.9 Å². The molecule has 0 spiro atoms. The van der Waals surface area contributed by atoms with Gasteiger partial charge in [-0.15, -0.1) is 0 Å². The highest BCUT2D eigenvalue weighted by atomic mass is 16.5. The zero-order valence-corrected chi connectivity index (χ0v) is 10.5. The Morgan fingerprint density at radius 1 is 1.59 bits per heavy atom. The molecule has 2 N–H and O–H groups in total. The molecule has 0 amide bonds. The number of furan rings is 1. The maximum Gasteiger partial charge on any atom is 0.133 e. The smallest absolute Gasteiger partial charge is 0.133 e. The van der Waals surface area contributed by atoms with Gasteiger partial charge in [0.25, 0.3) is 0 Å². The van der Waals surface area contributed by atoms with E-state index < -0.39 is 6.10 Å². The highest BCUT2D eigenvalue weighted by Crippen LogP contribution is 2.24. The van der Waals surface area contributed by atoms with Crippen LogP contribution in [0.15, 0.2) is 22.8 Å². The van der Waals surface area contributed by atoms with Crippen LogP contribution in [0.4, 0.5) is 0 Å². The second-order valence-electron chi connectivity index (χ2n) is 5.24. The molecule has 2 rings (SSSR count). The first-order valence-corrected chi connectivity index (χ1v) is 6.16. The molecule has 2 atom stereocenters. The Balaban J connectivity index is 1.78. The number of rotatable bonds is 4. The van der Waals surface area contributed by atoms with E-state index in [0.717, 1.165) is 19.4 Å². The average Bonchev–Trinajstić information content (AvgIpc) is 2.78. The van der Waals surface area contributed by atoms with Gasteiger partial charge in [0.15, 0.2) is 0 Å². The van der Waals surface area contributed by atoms with Gasteiger partial charge < -0.3 is 19.6 Å². The van der Waals surface area contributed by atoms with E-state index in [1.54, 1.807) is 18.4 Å². The standard InChI is InChI=1S/C13H21NO3/c1-13(2)8-10(5-7-17-13)14-9-11(15)12-4-3-6-16-12/h3-4,6,10-11,14-15H,5,7-9H2,1-2H3. The fourth-order valence-corrected chi connectivity index (χ4v) is 2.27. The van der Waals surface area contributed by atoms with Crippen molar-refractivity contribution in [1.82, 2.24) is 5.32 Å². The molecule has 0 aromatic carbocycles. The van der Waals surface area contributed by atoms with E-state index in [4.69, 9.17) is 9.15 Å². The summed E-state index contributed by atoms with van der Waals surface area (Å²) in [6.45, 7) is 5.50. The van der Waals surface area contributed by atoms with E-state index in [1.807, 2.05) is 0 Å². The molecule has 4 heteroatoms. The van der Waals surface area contributed by atoms with Gasteiger partial charge in [-0.1, -0.05) is 0 Å². The predicted molar refractivity (Wildman–Crippen MR) is 64.7 cm³/mol. The van der Waals surface area contributed by atoms with Crippen LogP contribution >= 0.6 is 0 Å². The van der Waals surface area contributed by atoms with Crippen molar-refractivity contribution in [3.05, 3.63) is 24.2 Å². The van der Waals surface area contributed by atoms with Crippen LogP contribution in [0, 0.1) is 0 Å². The summed E-state index contributed by atoms with van der Waals surface area (Å²) in [6.07, 6.45) is 2.97. The first-order valence-electron chi connectivity index (χ1n) is 6.16. The third-order valence-electron chi connectivity index (χ3n) is 3.17. The fourth-order valence-electron chi connectivity index (χ4n) is 2.27. The predicted octanol–water partition coefficient (Wildman–Crippen LogP) is 1.86. The zero-order chi connectivity index (χ0) is 12.3. The van der Waals surface area contributed by atoms with Crippen molar-refractivity contribution >= 4 is 0 Å². The summed E-state index contributed by atoms with van der Waals surface area (Å²) in [7, 11) is 0. The molecule has 96 valence electrons. The Bertz CT molecular complexity index is 334. The maximum atomic E-state index is 9.88. The SMILES string of the molecule is CC1(C)CC(NCC(O)c2ccco2)CCO1. The van der Waals surface area contributed by atoms with Crippen molar-refractivity contribution in [1.29, 1.82) is 0 Å². The molecule has 4 nitrogen and oxygen atoms in total. The number of ether oxygens (including phenoxy) is 1. The monoisotopic (exact) mass is 239 g/mol. The third kappa shape index (κ3) is 3.56. The summed E-state index contributed by atoms with van der Waals surface area (Å²) in [4.78, 5) is 0. The summed E-state index contributed by atoms with van der Waals surface area (Å²) in [5.41, 5.74) is -0.0639. The number of aliphatic hydroxyl groups is 1. The van der Waals surface area contributed by atoms with Crippen LogP contribution in [0.1, 0.15) is 38.6 Å². The Morgan fingerprint density at radius 3 is 3.06 bits per heavy atom. The van der Waals surface area contributed by atoms with Gasteiger partial charge in [-0.2, -0.15) is 0 Å². The van der Waals surface area contributed by atoms with E-state index in [2.05, 4.69) is 19.2 Å². The van der Waals surface area contributed by atoms with Crippen molar-refractivity contribution in [2.45, 2.75) is 44.4 Å². The Kier molecular flexibility index (Phi) is 3.86. The van der Waals surface area contributed by atoms with E-state index in [9.17, 15) is 5.11 Å². The van der Waals surface area contributed by atoms with Crippen LogP contribution in [0.5, 0.6) is 0 Å². The van der Waals surface area contributed by atoms with Crippen molar-refractivity contribution in [3.63, 3.8) is 0 Å². The van der Waals surface area contributed by atoms with Crippen molar-refractivity contribution in [2.24, 2.45) is 0 Å². The first kappa shape index (κ1) is 12.6. The van der Waals surface area contributed by atoms with Crippen LogP contribution in [0.25, 0.3) is 0 Å². The Labute approximate surface area is 102 Å². The molecule has 0 saturated carbocycles. The summed E-state index contributed by atoms with van der Waals surface area (Å²) < 4.78 is 10.8. The maximum absolute atomic E-state index is 9.88. The molecule has 1 aromatic rings. The molecule has 2 heterocycles. The van der Waals surface area contributed by atoms with Gasteiger partial charge in [0.1, 0.15) is 11.9 Å². The number of aliphatic hydroxyl groups excluding tert-OH is 1. The van der Waals surface area contributed by atoms with Crippen LogP contribution in [-0.4, -0.2) is 29.9 Å². The highest BCUT2D eigenvalue weighted by Gasteiger charge is 2.28. The van der Waals surface area contributed by atoms with E-state index >= 15 is 0 Å². The summed E-state index contributed by atoms with van der Waals surface area (Å²) in [5.74, 6) is 0.615. The molecule has 0 aliphatic carbocycles.